The Morgan fingerprint density at radius 1 is 1.10 bits per heavy atom. The highest BCUT2D eigenvalue weighted by Gasteiger charge is 2.28. The van der Waals surface area contributed by atoms with E-state index < -0.39 is 17.7 Å². The molecule has 0 aliphatic carbocycles. The third-order valence-electron chi connectivity index (χ3n) is 3.20. The smallest absolute Gasteiger partial charge is 0.394 e. The second-order valence-electron chi connectivity index (χ2n) is 4.52. The van der Waals surface area contributed by atoms with Crippen molar-refractivity contribution in [3.05, 3.63) is 34.6 Å². The molecule has 0 atom stereocenters. The summed E-state index contributed by atoms with van der Waals surface area (Å²) in [6.07, 6.45) is 0. The Hall–Kier alpha value is -2.15. The highest BCUT2D eigenvalue weighted by atomic mass is 35.5. The molecule has 1 N–H and O–H groups in total. The topological polar surface area (TPSA) is 77.9 Å². The molecule has 0 aromatic heterocycles. The lowest BCUT2D eigenvalue weighted by molar-refractivity contribution is -0.156. The fourth-order valence-electron chi connectivity index (χ4n) is 2.06. The number of halogens is 2. The molecule has 0 radical (unpaired) electrons. The number of nitrogens with zero attached hydrogens (tertiary/aromatic N) is 2. The van der Waals surface area contributed by atoms with Crippen LogP contribution in [0.15, 0.2) is 18.2 Å². The van der Waals surface area contributed by atoms with Crippen molar-refractivity contribution < 1.29 is 23.9 Å². The predicted octanol–water partition coefficient (Wildman–Crippen LogP) is 0.848. The van der Waals surface area contributed by atoms with Crippen molar-refractivity contribution in [1.29, 1.82) is 0 Å². The molecule has 0 unspecified atom stereocenters. The van der Waals surface area contributed by atoms with Gasteiger partial charge in [-0.3, -0.25) is 9.59 Å². The number of carbonyl (C=O) groups is 3. The van der Waals surface area contributed by atoms with Gasteiger partial charge in [0.05, 0.1) is 5.02 Å². The first-order valence-electron chi connectivity index (χ1n) is 6.16. The van der Waals surface area contributed by atoms with Gasteiger partial charge in [-0.2, -0.15) is 0 Å². The number of hydrogen-bond acceptors (Lipinski definition) is 3. The van der Waals surface area contributed by atoms with Gasteiger partial charge < -0.3 is 14.9 Å². The van der Waals surface area contributed by atoms with Gasteiger partial charge in [0.1, 0.15) is 5.82 Å². The predicted molar refractivity (Wildman–Crippen MR) is 71.5 cm³/mol. The van der Waals surface area contributed by atoms with Gasteiger partial charge >= 0.3 is 11.9 Å². The Bertz CT molecular complexity index is 600. The molecule has 0 bridgehead atoms. The van der Waals surface area contributed by atoms with Crippen molar-refractivity contribution in [1.82, 2.24) is 9.80 Å². The van der Waals surface area contributed by atoms with Gasteiger partial charge in [-0.1, -0.05) is 11.6 Å². The van der Waals surface area contributed by atoms with Crippen LogP contribution in [0, 0.1) is 5.82 Å². The molecule has 21 heavy (non-hydrogen) atoms. The third kappa shape index (κ3) is 3.30. The zero-order valence-electron chi connectivity index (χ0n) is 10.9. The summed E-state index contributed by atoms with van der Waals surface area (Å²) in [6, 6.07) is 3.69. The Morgan fingerprint density at radius 3 is 2.19 bits per heavy atom. The monoisotopic (exact) mass is 314 g/mol. The van der Waals surface area contributed by atoms with Gasteiger partial charge in [0.25, 0.3) is 5.91 Å². The van der Waals surface area contributed by atoms with Crippen LogP contribution in [0.4, 0.5) is 4.39 Å². The number of piperazine rings is 1. The summed E-state index contributed by atoms with van der Waals surface area (Å²) in [4.78, 5) is 36.7. The van der Waals surface area contributed by atoms with Crippen LogP contribution in [0.1, 0.15) is 10.4 Å². The van der Waals surface area contributed by atoms with E-state index in [2.05, 4.69) is 0 Å². The summed E-state index contributed by atoms with van der Waals surface area (Å²) in [5.74, 6) is -3.43. The molecule has 0 saturated carbocycles. The van der Waals surface area contributed by atoms with Crippen molar-refractivity contribution in [2.24, 2.45) is 0 Å². The first-order valence-corrected chi connectivity index (χ1v) is 6.54. The number of carboxylic acid groups (broad SMARTS) is 1. The minimum atomic E-state index is -1.51. The Balaban J connectivity index is 2.01. The minimum absolute atomic E-state index is 0.138. The molecule has 1 aromatic rings. The fourth-order valence-corrected chi connectivity index (χ4v) is 2.24. The van der Waals surface area contributed by atoms with Crippen molar-refractivity contribution in [2.45, 2.75) is 0 Å². The first kappa shape index (κ1) is 15.2. The third-order valence-corrected chi connectivity index (χ3v) is 3.49. The van der Waals surface area contributed by atoms with Gasteiger partial charge in [-0.05, 0) is 18.2 Å². The van der Waals surface area contributed by atoms with Crippen LogP contribution in [-0.4, -0.2) is 58.9 Å². The number of carbonyl (C=O) groups excluding carboxylic acids is 2. The molecule has 1 heterocycles. The molecule has 6 nitrogen and oxygen atoms in total. The zero-order chi connectivity index (χ0) is 15.6. The number of amides is 2. The quantitative estimate of drug-likeness (QED) is 0.780. The molecular formula is C13H12ClFN2O4. The van der Waals surface area contributed by atoms with E-state index >= 15 is 0 Å². The fraction of sp³-hybridized carbons (Fsp3) is 0.308. The number of rotatable bonds is 1. The van der Waals surface area contributed by atoms with E-state index in [-0.39, 0.29) is 42.7 Å². The standard InChI is InChI=1S/C13H12ClFN2O4/c14-9-7-8(1-2-10(9)15)11(18)16-3-5-17(6-4-16)12(19)13(20)21/h1-2,7H,3-6H2,(H,20,21). The second-order valence-corrected chi connectivity index (χ2v) is 4.93. The normalized spacial score (nSPS) is 15.0. The molecule has 1 fully saturated rings. The summed E-state index contributed by atoms with van der Waals surface area (Å²) in [6.45, 7) is 0.720. The zero-order valence-corrected chi connectivity index (χ0v) is 11.6. The Kier molecular flexibility index (Phi) is 4.42. The SMILES string of the molecule is O=C(O)C(=O)N1CCN(C(=O)c2ccc(F)c(Cl)c2)CC1. The van der Waals surface area contributed by atoms with E-state index in [0.29, 0.717) is 0 Å². The molecule has 0 spiro atoms. The molecule has 1 aliphatic rings. The van der Waals surface area contributed by atoms with Crippen LogP contribution in [0.2, 0.25) is 5.02 Å². The maximum absolute atomic E-state index is 13.1. The van der Waals surface area contributed by atoms with Gasteiger partial charge in [0.2, 0.25) is 0 Å². The van der Waals surface area contributed by atoms with Crippen LogP contribution >= 0.6 is 11.6 Å². The molecule has 1 aromatic carbocycles. The minimum Gasteiger partial charge on any atom is -0.474 e. The molecular weight excluding hydrogens is 303 g/mol. The maximum Gasteiger partial charge on any atom is 0.394 e. The molecule has 8 heteroatoms. The highest BCUT2D eigenvalue weighted by Crippen LogP contribution is 2.18. The summed E-state index contributed by atoms with van der Waals surface area (Å²) in [5, 5.41) is 8.48. The summed E-state index contributed by atoms with van der Waals surface area (Å²) < 4.78 is 13.1. The lowest BCUT2D eigenvalue weighted by atomic mass is 10.1. The molecule has 2 amide bonds. The van der Waals surface area contributed by atoms with Crippen LogP contribution in [-0.2, 0) is 9.59 Å². The average Bonchev–Trinajstić information content (AvgIpc) is 2.48. The molecule has 2 rings (SSSR count). The van der Waals surface area contributed by atoms with E-state index in [4.69, 9.17) is 16.7 Å². The van der Waals surface area contributed by atoms with E-state index in [1.807, 2.05) is 0 Å². The van der Waals surface area contributed by atoms with E-state index in [1.54, 1.807) is 0 Å². The maximum atomic E-state index is 13.1. The highest BCUT2D eigenvalue weighted by molar-refractivity contribution is 6.31. The Labute approximate surface area is 124 Å². The largest absolute Gasteiger partial charge is 0.474 e. The number of hydrogen-bond donors (Lipinski definition) is 1. The lowest BCUT2D eigenvalue weighted by Gasteiger charge is -2.33. The van der Waals surface area contributed by atoms with Crippen molar-refractivity contribution in [3.63, 3.8) is 0 Å². The van der Waals surface area contributed by atoms with Crippen LogP contribution in [0.3, 0.4) is 0 Å². The Morgan fingerprint density at radius 2 is 1.67 bits per heavy atom. The van der Waals surface area contributed by atoms with Crippen molar-refractivity contribution in [3.8, 4) is 0 Å². The van der Waals surface area contributed by atoms with E-state index in [0.717, 1.165) is 6.07 Å². The molecule has 1 saturated heterocycles. The van der Waals surface area contributed by atoms with Crippen molar-refractivity contribution >= 4 is 29.4 Å². The summed E-state index contributed by atoms with van der Waals surface area (Å²) in [5.41, 5.74) is 0.249. The first-order chi connectivity index (χ1) is 9.90. The van der Waals surface area contributed by atoms with Crippen LogP contribution < -0.4 is 0 Å². The summed E-state index contributed by atoms with van der Waals surface area (Å²) in [7, 11) is 0. The van der Waals surface area contributed by atoms with Gasteiger partial charge in [-0.15, -0.1) is 0 Å². The van der Waals surface area contributed by atoms with Crippen molar-refractivity contribution in [2.75, 3.05) is 26.2 Å². The molecule has 112 valence electrons. The van der Waals surface area contributed by atoms with Crippen LogP contribution in [0.5, 0.6) is 0 Å². The number of carboxylic acids is 1. The summed E-state index contributed by atoms with van der Waals surface area (Å²) >= 11 is 5.63. The van der Waals surface area contributed by atoms with E-state index in [9.17, 15) is 18.8 Å². The molecule has 1 aliphatic heterocycles. The average molecular weight is 315 g/mol. The van der Waals surface area contributed by atoms with Gasteiger partial charge in [0, 0.05) is 31.7 Å². The van der Waals surface area contributed by atoms with Gasteiger partial charge in [-0.25, -0.2) is 9.18 Å². The van der Waals surface area contributed by atoms with Gasteiger partial charge in [0.15, 0.2) is 0 Å². The van der Waals surface area contributed by atoms with E-state index in [1.165, 1.54) is 21.9 Å². The number of benzene rings is 1. The second kappa shape index (κ2) is 6.09. The number of aliphatic carboxylic acids is 1. The lowest BCUT2D eigenvalue weighted by Crippen LogP contribution is -2.52. The van der Waals surface area contributed by atoms with Crippen LogP contribution in [0.25, 0.3) is 0 Å².